The molecule has 5 heteroatoms. The van der Waals surface area contributed by atoms with Crippen molar-refractivity contribution in [2.45, 2.75) is 39.0 Å². The van der Waals surface area contributed by atoms with E-state index in [0.717, 1.165) is 31.5 Å². The summed E-state index contributed by atoms with van der Waals surface area (Å²) in [5.41, 5.74) is 2.01. The van der Waals surface area contributed by atoms with E-state index in [0.29, 0.717) is 6.54 Å². The molecule has 0 spiro atoms. The highest BCUT2D eigenvalue weighted by molar-refractivity contribution is 7.88. The van der Waals surface area contributed by atoms with Crippen molar-refractivity contribution in [1.82, 2.24) is 9.62 Å². The minimum atomic E-state index is -3.20. The van der Waals surface area contributed by atoms with E-state index in [1.165, 1.54) is 9.87 Å². The van der Waals surface area contributed by atoms with Gasteiger partial charge in [-0.05, 0) is 24.1 Å². The highest BCUT2D eigenvalue weighted by Crippen LogP contribution is 2.11. The fourth-order valence-electron chi connectivity index (χ4n) is 1.86. The summed E-state index contributed by atoms with van der Waals surface area (Å²) in [5, 5.41) is 3.25. The maximum absolute atomic E-state index is 12.2. The Hall–Kier alpha value is -0.910. The molecule has 0 saturated heterocycles. The Balaban J connectivity index is 2.63. The first-order chi connectivity index (χ1) is 9.49. The van der Waals surface area contributed by atoms with Crippen LogP contribution in [0.25, 0.3) is 0 Å². The lowest BCUT2D eigenvalue weighted by atomic mass is 10.1. The van der Waals surface area contributed by atoms with Crippen molar-refractivity contribution in [2.75, 3.05) is 20.1 Å². The maximum atomic E-state index is 12.2. The summed E-state index contributed by atoms with van der Waals surface area (Å²) in [6, 6.07) is 7.77. The fourth-order valence-corrected chi connectivity index (χ4v) is 3.10. The highest BCUT2D eigenvalue weighted by Gasteiger charge is 2.17. The normalized spacial score (nSPS) is 12.0. The number of nitrogens with one attached hydrogen (secondary N) is 1. The van der Waals surface area contributed by atoms with Crippen LogP contribution < -0.4 is 5.32 Å². The molecule has 0 aromatic heterocycles. The molecule has 20 heavy (non-hydrogen) atoms. The molecule has 1 N–H and O–H groups in total. The number of sulfonamides is 1. The van der Waals surface area contributed by atoms with Crippen molar-refractivity contribution in [1.29, 1.82) is 0 Å². The van der Waals surface area contributed by atoms with Gasteiger partial charge < -0.3 is 5.32 Å². The van der Waals surface area contributed by atoms with Gasteiger partial charge in [-0.2, -0.15) is 0 Å². The van der Waals surface area contributed by atoms with Gasteiger partial charge in [0.2, 0.25) is 10.0 Å². The molecule has 0 bridgehead atoms. The molecule has 1 aromatic carbocycles. The van der Waals surface area contributed by atoms with Crippen LogP contribution in [0.1, 0.15) is 37.8 Å². The molecule has 0 heterocycles. The van der Waals surface area contributed by atoms with Crippen LogP contribution in [0.3, 0.4) is 0 Å². The number of nitrogens with zero attached hydrogens (tertiary/aromatic N) is 1. The third-order valence-electron chi connectivity index (χ3n) is 3.25. The topological polar surface area (TPSA) is 49.4 Å². The average molecular weight is 298 g/mol. The third kappa shape index (κ3) is 5.61. The zero-order valence-corrected chi connectivity index (χ0v) is 13.5. The molecule has 0 saturated carbocycles. The van der Waals surface area contributed by atoms with Crippen LogP contribution in [0.5, 0.6) is 0 Å². The second kappa shape index (κ2) is 8.39. The molecule has 0 fully saturated rings. The quantitative estimate of drug-likeness (QED) is 0.761. The molecule has 4 nitrogen and oxygen atoms in total. The van der Waals surface area contributed by atoms with Gasteiger partial charge >= 0.3 is 0 Å². The van der Waals surface area contributed by atoms with Crippen LogP contribution >= 0.6 is 0 Å². The molecule has 0 aliphatic heterocycles. The number of hydrogen-bond acceptors (Lipinski definition) is 3. The molecular weight excluding hydrogens is 272 g/mol. The first kappa shape index (κ1) is 17.1. The molecule has 0 atom stereocenters. The fraction of sp³-hybridized carbons (Fsp3) is 0.600. The Morgan fingerprint density at radius 1 is 1.10 bits per heavy atom. The summed E-state index contributed by atoms with van der Waals surface area (Å²) in [4.78, 5) is 0. The van der Waals surface area contributed by atoms with Crippen molar-refractivity contribution in [2.24, 2.45) is 0 Å². The molecule has 0 aliphatic rings. The first-order valence-electron chi connectivity index (χ1n) is 7.22. The van der Waals surface area contributed by atoms with Gasteiger partial charge in [0.15, 0.2) is 0 Å². The Kier molecular flexibility index (Phi) is 7.19. The molecular formula is C15H26N2O2S. The van der Waals surface area contributed by atoms with E-state index < -0.39 is 10.0 Å². The molecule has 0 aliphatic carbocycles. The predicted molar refractivity (Wildman–Crippen MR) is 84.0 cm³/mol. The van der Waals surface area contributed by atoms with Crippen molar-refractivity contribution >= 4 is 10.0 Å². The smallest absolute Gasteiger partial charge is 0.218 e. The second-order valence-electron chi connectivity index (χ2n) is 5.03. The van der Waals surface area contributed by atoms with Gasteiger partial charge in [-0.1, -0.05) is 44.5 Å². The van der Waals surface area contributed by atoms with Crippen LogP contribution in [0.15, 0.2) is 24.3 Å². The zero-order valence-electron chi connectivity index (χ0n) is 12.7. The van der Waals surface area contributed by atoms with Gasteiger partial charge in [0, 0.05) is 20.1 Å². The van der Waals surface area contributed by atoms with Gasteiger partial charge in [0.05, 0.1) is 5.75 Å². The lowest BCUT2D eigenvalue weighted by Gasteiger charge is -2.16. The second-order valence-corrected chi connectivity index (χ2v) is 7.10. The number of rotatable bonds is 9. The number of unbranched alkanes of at least 4 members (excludes halogenated alkanes) is 1. The van der Waals surface area contributed by atoms with E-state index in [2.05, 4.69) is 19.2 Å². The number of hydrogen-bond donors (Lipinski definition) is 1. The van der Waals surface area contributed by atoms with E-state index in [-0.39, 0.29) is 5.75 Å². The molecule has 0 unspecified atom stereocenters. The predicted octanol–water partition coefficient (Wildman–Crippen LogP) is 2.36. The molecule has 1 rings (SSSR count). The van der Waals surface area contributed by atoms with Crippen LogP contribution in [0, 0.1) is 0 Å². The lowest BCUT2D eigenvalue weighted by molar-refractivity contribution is 0.458. The van der Waals surface area contributed by atoms with E-state index in [4.69, 9.17) is 0 Å². The summed E-state index contributed by atoms with van der Waals surface area (Å²) in [5.74, 6) is 0.0781. The van der Waals surface area contributed by atoms with Crippen LogP contribution in [-0.4, -0.2) is 32.9 Å². The SMILES string of the molecule is CCCCN(C)S(=O)(=O)Cc1ccc(CNCC)cc1. The van der Waals surface area contributed by atoms with Crippen LogP contribution in [0.2, 0.25) is 0 Å². The van der Waals surface area contributed by atoms with Gasteiger partial charge in [0.1, 0.15) is 0 Å². The van der Waals surface area contributed by atoms with Crippen molar-refractivity contribution < 1.29 is 8.42 Å². The minimum Gasteiger partial charge on any atom is -0.313 e. The monoisotopic (exact) mass is 298 g/mol. The van der Waals surface area contributed by atoms with E-state index in [1.54, 1.807) is 7.05 Å². The first-order valence-corrected chi connectivity index (χ1v) is 8.83. The van der Waals surface area contributed by atoms with E-state index >= 15 is 0 Å². The van der Waals surface area contributed by atoms with Crippen molar-refractivity contribution in [3.05, 3.63) is 35.4 Å². The standard InChI is InChI=1S/C15H26N2O2S/c1-4-6-11-17(3)20(18,19)13-15-9-7-14(8-10-15)12-16-5-2/h7-10,16H,4-6,11-13H2,1-3H3. The lowest BCUT2D eigenvalue weighted by Crippen LogP contribution is -2.29. The summed E-state index contributed by atoms with van der Waals surface area (Å²) in [7, 11) is -1.54. The Labute approximate surface area is 123 Å². The number of benzene rings is 1. The summed E-state index contributed by atoms with van der Waals surface area (Å²) in [6.07, 6.45) is 1.90. The maximum Gasteiger partial charge on any atom is 0.218 e. The van der Waals surface area contributed by atoms with Gasteiger partial charge in [-0.25, -0.2) is 12.7 Å². The summed E-state index contributed by atoms with van der Waals surface area (Å²) < 4.78 is 25.8. The third-order valence-corrected chi connectivity index (χ3v) is 5.08. The minimum absolute atomic E-state index is 0.0781. The Morgan fingerprint density at radius 3 is 2.25 bits per heavy atom. The average Bonchev–Trinajstić information content (AvgIpc) is 2.43. The Bertz CT molecular complexity index is 483. The molecule has 0 amide bonds. The van der Waals surface area contributed by atoms with E-state index in [9.17, 15) is 8.42 Å². The summed E-state index contributed by atoms with van der Waals surface area (Å²) >= 11 is 0. The highest BCUT2D eigenvalue weighted by atomic mass is 32.2. The van der Waals surface area contributed by atoms with Crippen molar-refractivity contribution in [3.8, 4) is 0 Å². The summed E-state index contributed by atoms with van der Waals surface area (Å²) in [6.45, 7) is 6.46. The Morgan fingerprint density at radius 2 is 1.70 bits per heavy atom. The molecule has 0 radical (unpaired) electrons. The van der Waals surface area contributed by atoms with Gasteiger partial charge in [0.25, 0.3) is 0 Å². The largest absolute Gasteiger partial charge is 0.313 e. The van der Waals surface area contributed by atoms with Crippen molar-refractivity contribution in [3.63, 3.8) is 0 Å². The van der Waals surface area contributed by atoms with Crippen LogP contribution in [0.4, 0.5) is 0 Å². The molecule has 1 aromatic rings. The van der Waals surface area contributed by atoms with Crippen LogP contribution in [-0.2, 0) is 22.3 Å². The zero-order chi connectivity index (χ0) is 15.0. The van der Waals surface area contributed by atoms with Gasteiger partial charge in [-0.3, -0.25) is 0 Å². The van der Waals surface area contributed by atoms with Gasteiger partial charge in [-0.15, -0.1) is 0 Å². The molecule has 114 valence electrons. The van der Waals surface area contributed by atoms with E-state index in [1.807, 2.05) is 24.3 Å².